The van der Waals surface area contributed by atoms with Gasteiger partial charge in [0.2, 0.25) is 5.91 Å². The predicted molar refractivity (Wildman–Crippen MR) is 94.8 cm³/mol. The van der Waals surface area contributed by atoms with Crippen LogP contribution < -0.4 is 5.32 Å². The normalized spacial score (nSPS) is 19.1. The number of anilines is 1. The molecule has 3 aromatic rings. The highest BCUT2D eigenvalue weighted by Gasteiger charge is 2.45. The number of aromatic nitrogens is 2. The lowest BCUT2D eigenvalue weighted by molar-refractivity contribution is -0.121. The highest BCUT2D eigenvalue weighted by Crippen LogP contribution is 2.44. The number of rotatable bonds is 4. The molecule has 2 aromatic heterocycles. The third-order valence-electron chi connectivity index (χ3n) is 4.97. The van der Waals surface area contributed by atoms with Gasteiger partial charge < -0.3 is 10.3 Å². The van der Waals surface area contributed by atoms with Crippen LogP contribution in [0.4, 0.5) is 5.69 Å². The molecule has 0 fully saturated rings. The van der Waals surface area contributed by atoms with Crippen LogP contribution in [0.25, 0.3) is 11.1 Å². The molecule has 1 aliphatic heterocycles. The number of fused-ring (bicyclic) bond motifs is 1. The molecule has 0 saturated carbocycles. The van der Waals surface area contributed by atoms with Gasteiger partial charge in [-0.2, -0.15) is 0 Å². The van der Waals surface area contributed by atoms with E-state index in [1.165, 1.54) is 0 Å². The molecule has 4 nitrogen and oxygen atoms in total. The zero-order chi connectivity index (χ0) is 16.6. The number of H-pyrrole nitrogens is 1. The zero-order valence-electron chi connectivity index (χ0n) is 13.5. The Bertz CT molecular complexity index is 871. The summed E-state index contributed by atoms with van der Waals surface area (Å²) in [4.78, 5) is 20.3. The van der Waals surface area contributed by atoms with E-state index in [0.717, 1.165) is 34.5 Å². The smallest absolute Gasteiger partial charge is 0.235 e. The van der Waals surface area contributed by atoms with Crippen LogP contribution in [0.2, 0.25) is 0 Å². The van der Waals surface area contributed by atoms with Crippen molar-refractivity contribution in [3.05, 3.63) is 72.3 Å². The van der Waals surface area contributed by atoms with E-state index in [2.05, 4.69) is 28.3 Å². The van der Waals surface area contributed by atoms with Crippen LogP contribution in [0.3, 0.4) is 0 Å². The van der Waals surface area contributed by atoms with Crippen LogP contribution >= 0.6 is 0 Å². The number of nitrogens with one attached hydrogen (secondary N) is 2. The molecule has 0 spiro atoms. The second-order valence-electron chi connectivity index (χ2n) is 6.26. The van der Waals surface area contributed by atoms with E-state index < -0.39 is 5.41 Å². The molecule has 4 rings (SSSR count). The third-order valence-corrected chi connectivity index (χ3v) is 4.97. The third kappa shape index (κ3) is 2.22. The molecule has 3 heterocycles. The van der Waals surface area contributed by atoms with Gasteiger partial charge in [-0.15, -0.1) is 0 Å². The lowest BCUT2D eigenvalue weighted by Gasteiger charge is -2.26. The van der Waals surface area contributed by atoms with Crippen molar-refractivity contribution in [2.75, 3.05) is 5.32 Å². The molecule has 0 bridgehead atoms. The van der Waals surface area contributed by atoms with Gasteiger partial charge >= 0.3 is 0 Å². The Morgan fingerprint density at radius 3 is 2.75 bits per heavy atom. The molecular formula is C20H19N3O. The minimum absolute atomic E-state index is 0.0814. The van der Waals surface area contributed by atoms with Gasteiger partial charge in [-0.05, 0) is 53.4 Å². The first-order valence-corrected chi connectivity index (χ1v) is 8.21. The van der Waals surface area contributed by atoms with E-state index >= 15 is 0 Å². The molecule has 1 unspecified atom stereocenters. The van der Waals surface area contributed by atoms with E-state index in [1.54, 1.807) is 6.20 Å². The van der Waals surface area contributed by atoms with Crippen molar-refractivity contribution in [2.45, 2.75) is 25.2 Å². The van der Waals surface area contributed by atoms with Gasteiger partial charge in [-0.3, -0.25) is 9.78 Å². The summed E-state index contributed by atoms with van der Waals surface area (Å²) in [6.07, 6.45) is 6.94. The van der Waals surface area contributed by atoms with E-state index in [-0.39, 0.29) is 5.91 Å². The van der Waals surface area contributed by atoms with Gasteiger partial charge in [-0.1, -0.05) is 19.1 Å². The lowest BCUT2D eigenvalue weighted by Crippen LogP contribution is -2.36. The maximum absolute atomic E-state index is 12.8. The summed E-state index contributed by atoms with van der Waals surface area (Å²) in [6.45, 7) is 2.08. The average molecular weight is 317 g/mol. The van der Waals surface area contributed by atoms with Crippen molar-refractivity contribution in [3.63, 3.8) is 0 Å². The van der Waals surface area contributed by atoms with Crippen molar-refractivity contribution in [3.8, 4) is 11.1 Å². The van der Waals surface area contributed by atoms with Gasteiger partial charge in [0.15, 0.2) is 0 Å². The highest BCUT2D eigenvalue weighted by atomic mass is 16.2. The molecule has 1 aromatic carbocycles. The van der Waals surface area contributed by atoms with Crippen LogP contribution in [-0.2, 0) is 16.6 Å². The quantitative estimate of drug-likeness (QED) is 0.766. The number of hydrogen-bond donors (Lipinski definition) is 2. The van der Waals surface area contributed by atoms with Crippen molar-refractivity contribution >= 4 is 11.6 Å². The minimum Gasteiger partial charge on any atom is -0.365 e. The van der Waals surface area contributed by atoms with Gasteiger partial charge in [0, 0.05) is 36.4 Å². The Labute approximate surface area is 141 Å². The largest absolute Gasteiger partial charge is 0.365 e. The lowest BCUT2D eigenvalue weighted by atomic mass is 9.75. The van der Waals surface area contributed by atoms with Crippen molar-refractivity contribution in [2.24, 2.45) is 0 Å². The first-order chi connectivity index (χ1) is 11.7. The number of aromatic amines is 1. The molecule has 1 aliphatic rings. The van der Waals surface area contributed by atoms with E-state index in [9.17, 15) is 4.79 Å². The van der Waals surface area contributed by atoms with Crippen LogP contribution in [-0.4, -0.2) is 15.9 Å². The topological polar surface area (TPSA) is 57.8 Å². The van der Waals surface area contributed by atoms with Gasteiger partial charge in [0.05, 0.1) is 5.41 Å². The number of amides is 1. The van der Waals surface area contributed by atoms with Crippen LogP contribution in [0.1, 0.15) is 24.6 Å². The molecule has 24 heavy (non-hydrogen) atoms. The second kappa shape index (κ2) is 5.64. The standard InChI is InChI=1S/C20H19N3O/c1-2-20(12-16-6-4-10-22-16)17-11-14(15-5-3-9-21-13-15)7-8-18(17)23-19(20)24/h3-11,13,22H,2,12H2,1H3,(H,23,24). The number of carbonyl (C=O) groups is 1. The summed E-state index contributed by atoms with van der Waals surface area (Å²) in [7, 11) is 0. The Balaban J connectivity index is 1.82. The van der Waals surface area contributed by atoms with Crippen LogP contribution in [0, 0.1) is 0 Å². The fraction of sp³-hybridized carbons (Fsp3) is 0.200. The first kappa shape index (κ1) is 14.7. The fourth-order valence-corrected chi connectivity index (χ4v) is 3.58. The van der Waals surface area contributed by atoms with E-state index in [4.69, 9.17) is 0 Å². The van der Waals surface area contributed by atoms with Crippen LogP contribution in [0.15, 0.2) is 61.1 Å². The number of pyridine rings is 1. The van der Waals surface area contributed by atoms with Gasteiger partial charge in [0.1, 0.15) is 0 Å². The van der Waals surface area contributed by atoms with Crippen LogP contribution in [0.5, 0.6) is 0 Å². The summed E-state index contributed by atoms with van der Waals surface area (Å²) in [6, 6.07) is 14.1. The van der Waals surface area contributed by atoms with Crippen molar-refractivity contribution < 1.29 is 4.79 Å². The summed E-state index contributed by atoms with van der Waals surface area (Å²) in [5, 5.41) is 3.06. The highest BCUT2D eigenvalue weighted by molar-refractivity contribution is 6.06. The first-order valence-electron chi connectivity index (χ1n) is 8.21. The van der Waals surface area contributed by atoms with Crippen molar-refractivity contribution in [1.29, 1.82) is 0 Å². The maximum Gasteiger partial charge on any atom is 0.235 e. The average Bonchev–Trinajstić information content (AvgIpc) is 3.22. The number of benzene rings is 1. The number of carbonyl (C=O) groups excluding carboxylic acids is 1. The van der Waals surface area contributed by atoms with E-state index in [0.29, 0.717) is 6.42 Å². The Morgan fingerprint density at radius 2 is 2.04 bits per heavy atom. The molecule has 4 heteroatoms. The Morgan fingerprint density at radius 1 is 1.12 bits per heavy atom. The minimum atomic E-state index is -0.529. The molecule has 1 amide bonds. The van der Waals surface area contributed by atoms with Gasteiger partial charge in [-0.25, -0.2) is 0 Å². The van der Waals surface area contributed by atoms with E-state index in [1.807, 2.05) is 48.8 Å². The monoisotopic (exact) mass is 317 g/mol. The second-order valence-corrected chi connectivity index (χ2v) is 6.26. The molecule has 1 atom stereocenters. The summed E-state index contributed by atoms with van der Waals surface area (Å²) >= 11 is 0. The summed E-state index contributed by atoms with van der Waals surface area (Å²) in [5.41, 5.74) is 4.68. The summed E-state index contributed by atoms with van der Waals surface area (Å²) in [5.74, 6) is 0.0814. The molecule has 0 aliphatic carbocycles. The molecule has 120 valence electrons. The fourth-order valence-electron chi connectivity index (χ4n) is 3.58. The predicted octanol–water partition coefficient (Wildman–Crippen LogP) is 3.92. The maximum atomic E-state index is 12.8. The Kier molecular flexibility index (Phi) is 3.45. The molecule has 0 saturated heterocycles. The molecule has 2 N–H and O–H groups in total. The number of nitrogens with zero attached hydrogens (tertiary/aromatic N) is 1. The zero-order valence-corrected chi connectivity index (χ0v) is 13.5. The number of hydrogen-bond acceptors (Lipinski definition) is 2. The Hall–Kier alpha value is -2.88. The summed E-state index contributed by atoms with van der Waals surface area (Å²) < 4.78 is 0. The SMILES string of the molecule is CCC1(Cc2ccc[nH]2)C(=O)Nc2ccc(-c3cccnc3)cc21. The van der Waals surface area contributed by atoms with Gasteiger partial charge in [0.25, 0.3) is 0 Å². The van der Waals surface area contributed by atoms with Crippen molar-refractivity contribution in [1.82, 2.24) is 9.97 Å². The molecule has 0 radical (unpaired) electrons. The molecular weight excluding hydrogens is 298 g/mol.